The Morgan fingerprint density at radius 2 is 2.09 bits per heavy atom. The fourth-order valence-electron chi connectivity index (χ4n) is 3.24. The summed E-state index contributed by atoms with van der Waals surface area (Å²) in [6, 6.07) is 7.01. The molecule has 0 heterocycles. The van der Waals surface area contributed by atoms with E-state index in [1.165, 1.54) is 0 Å². The molecule has 124 valence electrons. The lowest BCUT2D eigenvalue weighted by Gasteiger charge is -2.30. The van der Waals surface area contributed by atoms with Crippen molar-refractivity contribution in [2.24, 2.45) is 11.3 Å². The average Bonchev–Trinajstić information content (AvgIpc) is 3.33. The van der Waals surface area contributed by atoms with Gasteiger partial charge in [-0.3, -0.25) is 9.59 Å². The second kappa shape index (κ2) is 6.32. The molecule has 0 aliphatic heterocycles. The van der Waals surface area contributed by atoms with Crippen molar-refractivity contribution in [1.29, 1.82) is 0 Å². The van der Waals surface area contributed by atoms with Crippen LogP contribution in [0, 0.1) is 11.3 Å². The molecule has 2 atom stereocenters. The number of benzene rings is 1. The maximum Gasteiger partial charge on any atom is 0.251 e. The second-order valence-corrected chi connectivity index (χ2v) is 7.07. The van der Waals surface area contributed by atoms with Crippen LogP contribution in [0.5, 0.6) is 0 Å². The molecule has 1 aromatic carbocycles. The summed E-state index contributed by atoms with van der Waals surface area (Å²) < 4.78 is 0. The van der Waals surface area contributed by atoms with E-state index >= 15 is 0 Å². The molecule has 3 rings (SSSR count). The van der Waals surface area contributed by atoms with Gasteiger partial charge in [0.2, 0.25) is 5.91 Å². The van der Waals surface area contributed by atoms with Crippen LogP contribution in [0.1, 0.15) is 49.4 Å². The highest BCUT2D eigenvalue weighted by Crippen LogP contribution is 2.37. The van der Waals surface area contributed by atoms with E-state index in [1.807, 2.05) is 6.92 Å². The zero-order valence-corrected chi connectivity index (χ0v) is 13.5. The molecule has 0 spiro atoms. The van der Waals surface area contributed by atoms with Crippen LogP contribution >= 0.6 is 0 Å². The van der Waals surface area contributed by atoms with Gasteiger partial charge in [-0.15, -0.1) is 0 Å². The number of amides is 2. The Morgan fingerprint density at radius 1 is 1.30 bits per heavy atom. The molecule has 0 bridgehead atoms. The summed E-state index contributed by atoms with van der Waals surface area (Å²) in [4.78, 5) is 24.3. The van der Waals surface area contributed by atoms with Crippen molar-refractivity contribution < 1.29 is 14.7 Å². The van der Waals surface area contributed by atoms with Gasteiger partial charge in [0, 0.05) is 28.6 Å². The third-order valence-corrected chi connectivity index (χ3v) is 5.09. The Kier molecular flexibility index (Phi) is 4.39. The van der Waals surface area contributed by atoms with Gasteiger partial charge in [0.05, 0.1) is 6.61 Å². The van der Waals surface area contributed by atoms with E-state index in [-0.39, 0.29) is 35.8 Å². The van der Waals surface area contributed by atoms with Crippen LogP contribution in [0.4, 0.5) is 5.69 Å². The first kappa shape index (κ1) is 16.0. The highest BCUT2D eigenvalue weighted by atomic mass is 16.3. The molecular weight excluding hydrogens is 292 g/mol. The van der Waals surface area contributed by atoms with Gasteiger partial charge in [-0.2, -0.15) is 0 Å². The highest BCUT2D eigenvalue weighted by Gasteiger charge is 2.39. The van der Waals surface area contributed by atoms with E-state index in [2.05, 4.69) is 10.6 Å². The second-order valence-electron chi connectivity index (χ2n) is 7.07. The monoisotopic (exact) mass is 316 g/mol. The smallest absolute Gasteiger partial charge is 0.251 e. The van der Waals surface area contributed by atoms with E-state index in [1.54, 1.807) is 24.3 Å². The molecule has 2 fully saturated rings. The lowest BCUT2D eigenvalue weighted by atomic mass is 9.85. The van der Waals surface area contributed by atoms with Crippen LogP contribution in [-0.2, 0) is 4.79 Å². The standard InChI is InChI=1S/C18H24N2O3/c1-18(11-21)9-3-6-15(18)20-17(23)13-4-2-5-14(10-13)19-16(22)12-7-8-12/h2,4-5,10,12,15,21H,3,6-9,11H2,1H3,(H,19,22)(H,20,23). The number of aliphatic hydroxyl groups is 1. The van der Waals surface area contributed by atoms with Gasteiger partial charge in [0.25, 0.3) is 5.91 Å². The van der Waals surface area contributed by atoms with Crippen molar-refractivity contribution in [1.82, 2.24) is 5.32 Å². The quantitative estimate of drug-likeness (QED) is 0.780. The van der Waals surface area contributed by atoms with E-state index in [9.17, 15) is 14.7 Å². The summed E-state index contributed by atoms with van der Waals surface area (Å²) in [5, 5.41) is 15.5. The SMILES string of the molecule is CC1(CO)CCCC1NC(=O)c1cccc(NC(=O)C2CC2)c1. The van der Waals surface area contributed by atoms with E-state index in [0.29, 0.717) is 11.3 Å². The van der Waals surface area contributed by atoms with Gasteiger partial charge in [0.1, 0.15) is 0 Å². The Balaban J connectivity index is 1.66. The van der Waals surface area contributed by atoms with Gasteiger partial charge in [0.15, 0.2) is 0 Å². The predicted molar refractivity (Wildman–Crippen MR) is 88.1 cm³/mol. The summed E-state index contributed by atoms with van der Waals surface area (Å²) in [6.07, 6.45) is 4.73. The van der Waals surface area contributed by atoms with Crippen molar-refractivity contribution in [2.45, 2.75) is 45.1 Å². The van der Waals surface area contributed by atoms with Gasteiger partial charge in [-0.25, -0.2) is 0 Å². The van der Waals surface area contributed by atoms with Crippen LogP contribution < -0.4 is 10.6 Å². The number of carbonyl (C=O) groups is 2. The van der Waals surface area contributed by atoms with Gasteiger partial charge < -0.3 is 15.7 Å². The van der Waals surface area contributed by atoms with Crippen LogP contribution in [0.25, 0.3) is 0 Å². The Morgan fingerprint density at radius 3 is 2.78 bits per heavy atom. The largest absolute Gasteiger partial charge is 0.396 e. The number of aliphatic hydroxyl groups excluding tert-OH is 1. The predicted octanol–water partition coefficient (Wildman–Crippen LogP) is 2.32. The average molecular weight is 316 g/mol. The van der Waals surface area contributed by atoms with Crippen molar-refractivity contribution in [3.05, 3.63) is 29.8 Å². The number of carbonyl (C=O) groups excluding carboxylic acids is 2. The van der Waals surface area contributed by atoms with E-state index < -0.39 is 0 Å². The Hall–Kier alpha value is -1.88. The number of hydrogen-bond acceptors (Lipinski definition) is 3. The van der Waals surface area contributed by atoms with Gasteiger partial charge >= 0.3 is 0 Å². The normalized spacial score (nSPS) is 26.8. The minimum atomic E-state index is -0.243. The molecule has 3 N–H and O–H groups in total. The molecule has 23 heavy (non-hydrogen) atoms. The highest BCUT2D eigenvalue weighted by molar-refractivity contribution is 5.98. The molecule has 2 amide bonds. The fourth-order valence-corrected chi connectivity index (χ4v) is 3.24. The Labute approximate surface area is 136 Å². The zero-order chi connectivity index (χ0) is 16.4. The molecule has 2 unspecified atom stereocenters. The van der Waals surface area contributed by atoms with Crippen molar-refractivity contribution >= 4 is 17.5 Å². The number of hydrogen-bond donors (Lipinski definition) is 3. The fraction of sp³-hybridized carbons (Fsp3) is 0.556. The first-order valence-electron chi connectivity index (χ1n) is 8.34. The van der Waals surface area contributed by atoms with E-state index in [0.717, 1.165) is 32.1 Å². The minimum Gasteiger partial charge on any atom is -0.396 e. The molecule has 5 heteroatoms. The maximum atomic E-state index is 12.5. The molecular formula is C18H24N2O3. The van der Waals surface area contributed by atoms with Crippen molar-refractivity contribution in [3.63, 3.8) is 0 Å². The summed E-state index contributed by atoms with van der Waals surface area (Å²) in [5.41, 5.74) is 0.949. The van der Waals surface area contributed by atoms with Crippen LogP contribution in [0.2, 0.25) is 0 Å². The molecule has 2 aliphatic rings. The van der Waals surface area contributed by atoms with Crippen LogP contribution in [0.3, 0.4) is 0 Å². The number of rotatable bonds is 5. The van der Waals surface area contributed by atoms with Crippen molar-refractivity contribution in [2.75, 3.05) is 11.9 Å². The van der Waals surface area contributed by atoms with Crippen molar-refractivity contribution in [3.8, 4) is 0 Å². The zero-order valence-electron chi connectivity index (χ0n) is 13.5. The number of nitrogens with one attached hydrogen (secondary N) is 2. The summed E-state index contributed by atoms with van der Waals surface area (Å²) in [7, 11) is 0. The van der Waals surface area contributed by atoms with Crippen LogP contribution in [-0.4, -0.2) is 29.6 Å². The summed E-state index contributed by atoms with van der Waals surface area (Å²) in [6.45, 7) is 2.09. The minimum absolute atomic E-state index is 0.00953. The summed E-state index contributed by atoms with van der Waals surface area (Å²) >= 11 is 0. The first-order valence-corrected chi connectivity index (χ1v) is 8.34. The molecule has 2 saturated carbocycles. The van der Waals surface area contributed by atoms with E-state index in [4.69, 9.17) is 0 Å². The third-order valence-electron chi connectivity index (χ3n) is 5.09. The lowest BCUT2D eigenvalue weighted by molar-refractivity contribution is -0.117. The summed E-state index contributed by atoms with van der Waals surface area (Å²) in [5.74, 6) is 0.0153. The number of anilines is 1. The van der Waals surface area contributed by atoms with Gasteiger partial charge in [-0.1, -0.05) is 19.4 Å². The Bertz CT molecular complexity index is 612. The molecule has 1 aromatic rings. The lowest BCUT2D eigenvalue weighted by Crippen LogP contribution is -2.44. The third kappa shape index (κ3) is 3.55. The maximum absolute atomic E-state index is 12.5. The molecule has 0 radical (unpaired) electrons. The topological polar surface area (TPSA) is 78.4 Å². The van der Waals surface area contributed by atoms with Gasteiger partial charge in [-0.05, 0) is 43.9 Å². The van der Waals surface area contributed by atoms with Crippen LogP contribution in [0.15, 0.2) is 24.3 Å². The first-order chi connectivity index (χ1) is 11.0. The molecule has 0 aromatic heterocycles. The molecule has 0 saturated heterocycles. The molecule has 5 nitrogen and oxygen atoms in total. The molecule has 2 aliphatic carbocycles.